The molecule has 4 rings (SSSR count). The summed E-state index contributed by atoms with van der Waals surface area (Å²) in [5.74, 6) is 0.391. The van der Waals surface area contributed by atoms with Crippen molar-refractivity contribution in [2.75, 3.05) is 44.7 Å². The number of pyridine rings is 1. The van der Waals surface area contributed by atoms with Crippen LogP contribution in [0.25, 0.3) is 0 Å². The van der Waals surface area contributed by atoms with Gasteiger partial charge in [-0.05, 0) is 31.5 Å². The monoisotopic (exact) mass is 533 g/mol. The number of ether oxygens (including phenoxy) is 1. The number of nitrogens with one attached hydrogen (secondary N) is 1. The molecule has 0 aliphatic carbocycles. The molecule has 12 heteroatoms. The van der Waals surface area contributed by atoms with Crippen LogP contribution >= 0.6 is 11.6 Å². The van der Waals surface area contributed by atoms with Crippen molar-refractivity contribution in [3.05, 3.63) is 65.1 Å². The maximum absolute atomic E-state index is 13.4. The number of aromatic nitrogens is 4. The number of benzene rings is 1. The van der Waals surface area contributed by atoms with E-state index in [0.29, 0.717) is 45.1 Å². The molecule has 2 aromatic heterocycles. The predicted molar refractivity (Wildman–Crippen MR) is 138 cm³/mol. The van der Waals surface area contributed by atoms with Crippen molar-refractivity contribution in [2.24, 2.45) is 0 Å². The average Bonchev–Trinajstić information content (AvgIpc) is 3.35. The molecule has 1 aliphatic heterocycles. The van der Waals surface area contributed by atoms with Crippen LogP contribution in [-0.2, 0) is 34.4 Å². The van der Waals surface area contributed by atoms with Crippen LogP contribution in [0.1, 0.15) is 24.6 Å². The molecule has 0 atom stereocenters. The molecular formula is C24H32ClN7O3S. The van der Waals surface area contributed by atoms with Gasteiger partial charge in [0.15, 0.2) is 0 Å². The van der Waals surface area contributed by atoms with Crippen molar-refractivity contribution in [3.8, 4) is 0 Å². The second-order valence-corrected chi connectivity index (χ2v) is 10.9. The Morgan fingerprint density at radius 1 is 1.08 bits per heavy atom. The van der Waals surface area contributed by atoms with Gasteiger partial charge >= 0.3 is 0 Å². The van der Waals surface area contributed by atoms with E-state index in [-0.39, 0.29) is 16.5 Å². The van der Waals surface area contributed by atoms with Crippen LogP contribution in [0.2, 0.25) is 5.02 Å². The molecular weight excluding hydrogens is 502 g/mol. The Morgan fingerprint density at radius 2 is 1.89 bits per heavy atom. The summed E-state index contributed by atoms with van der Waals surface area (Å²) in [7, 11) is -3.78. The molecule has 1 aromatic carbocycles. The van der Waals surface area contributed by atoms with Crippen molar-refractivity contribution in [1.29, 1.82) is 0 Å². The Balaban J connectivity index is 1.39. The number of aryl methyl sites for hydroxylation is 1. The second kappa shape index (κ2) is 12.6. The zero-order valence-corrected chi connectivity index (χ0v) is 22.0. The number of rotatable bonds is 8. The summed E-state index contributed by atoms with van der Waals surface area (Å²) in [5, 5.41) is 11.8. The van der Waals surface area contributed by atoms with Crippen LogP contribution in [0.4, 0.5) is 5.82 Å². The highest BCUT2D eigenvalue weighted by molar-refractivity contribution is 7.89. The number of hydrogen-bond acceptors (Lipinski definition) is 8. The molecule has 0 radical (unpaired) electrons. The number of anilines is 1. The van der Waals surface area contributed by atoms with Gasteiger partial charge in [-0.1, -0.05) is 41.9 Å². The van der Waals surface area contributed by atoms with E-state index in [1.54, 1.807) is 11.0 Å². The van der Waals surface area contributed by atoms with Crippen molar-refractivity contribution in [2.45, 2.75) is 37.9 Å². The van der Waals surface area contributed by atoms with Gasteiger partial charge in [-0.2, -0.15) is 19.3 Å². The van der Waals surface area contributed by atoms with Gasteiger partial charge in [0.25, 0.3) is 0 Å². The van der Waals surface area contributed by atoms with Gasteiger partial charge < -0.3 is 10.1 Å². The summed E-state index contributed by atoms with van der Waals surface area (Å²) >= 11 is 6.39. The van der Waals surface area contributed by atoms with E-state index in [0.717, 1.165) is 25.3 Å². The molecule has 194 valence electrons. The normalized spacial score (nSPS) is 16.6. The first-order valence-electron chi connectivity index (χ1n) is 12.1. The van der Waals surface area contributed by atoms with Crippen LogP contribution in [0.3, 0.4) is 0 Å². The fraction of sp³-hybridized carbons (Fsp3) is 0.458. The summed E-state index contributed by atoms with van der Waals surface area (Å²) in [4.78, 5) is 8.21. The molecule has 1 saturated heterocycles. The molecule has 1 N–H and O–H groups in total. The van der Waals surface area contributed by atoms with E-state index >= 15 is 0 Å². The molecule has 0 saturated carbocycles. The summed E-state index contributed by atoms with van der Waals surface area (Å²) < 4.78 is 34.1. The second-order valence-electron chi connectivity index (χ2n) is 8.51. The molecule has 36 heavy (non-hydrogen) atoms. The Labute approximate surface area is 217 Å². The first-order chi connectivity index (χ1) is 17.5. The van der Waals surface area contributed by atoms with Gasteiger partial charge in [-0.25, -0.2) is 13.4 Å². The van der Waals surface area contributed by atoms with E-state index in [1.807, 2.05) is 25.1 Å². The fourth-order valence-electron chi connectivity index (χ4n) is 3.98. The number of hydrogen-bond donors (Lipinski definition) is 1. The summed E-state index contributed by atoms with van der Waals surface area (Å²) in [6.07, 6.45) is 3.72. The SMILES string of the molecule is CCn1ncc(CNc2ncc(S(=O)(=O)N3CCCN(Cc4ccccc4)CCOCC3)cc2Cl)n1. The van der Waals surface area contributed by atoms with Gasteiger partial charge in [0.2, 0.25) is 10.0 Å². The molecule has 1 aliphatic rings. The molecule has 3 heterocycles. The molecule has 0 bridgehead atoms. The lowest BCUT2D eigenvalue weighted by Crippen LogP contribution is -2.39. The molecule has 3 aromatic rings. The van der Waals surface area contributed by atoms with E-state index in [9.17, 15) is 8.42 Å². The van der Waals surface area contributed by atoms with Crippen LogP contribution in [0.5, 0.6) is 0 Å². The third kappa shape index (κ3) is 7.01. The average molecular weight is 534 g/mol. The first kappa shape index (κ1) is 26.5. The number of sulfonamides is 1. The predicted octanol–water partition coefficient (Wildman–Crippen LogP) is 2.87. The Morgan fingerprint density at radius 3 is 2.64 bits per heavy atom. The summed E-state index contributed by atoms with van der Waals surface area (Å²) in [6.45, 7) is 6.96. The molecule has 0 amide bonds. The van der Waals surface area contributed by atoms with Crippen LogP contribution < -0.4 is 5.32 Å². The Bertz CT molecular complexity index is 1220. The number of halogens is 1. The summed E-state index contributed by atoms with van der Waals surface area (Å²) in [5.41, 5.74) is 1.96. The van der Waals surface area contributed by atoms with Gasteiger partial charge in [-0.3, -0.25) is 4.90 Å². The van der Waals surface area contributed by atoms with Crippen LogP contribution in [0, 0.1) is 0 Å². The third-order valence-corrected chi connectivity index (χ3v) is 8.08. The Kier molecular flexibility index (Phi) is 9.27. The zero-order valence-electron chi connectivity index (χ0n) is 20.4. The third-order valence-electron chi connectivity index (χ3n) is 5.93. The summed E-state index contributed by atoms with van der Waals surface area (Å²) in [6, 6.07) is 11.7. The van der Waals surface area contributed by atoms with Gasteiger partial charge in [-0.15, -0.1) is 0 Å². The van der Waals surface area contributed by atoms with E-state index in [2.05, 4.69) is 37.5 Å². The quantitative estimate of drug-likeness (QED) is 0.471. The Hall–Kier alpha value is -2.57. The number of nitrogens with zero attached hydrogens (tertiary/aromatic N) is 6. The lowest BCUT2D eigenvalue weighted by Gasteiger charge is -2.28. The minimum atomic E-state index is -3.78. The van der Waals surface area contributed by atoms with E-state index < -0.39 is 10.0 Å². The maximum Gasteiger partial charge on any atom is 0.244 e. The van der Waals surface area contributed by atoms with Gasteiger partial charge in [0, 0.05) is 32.4 Å². The molecule has 10 nitrogen and oxygen atoms in total. The van der Waals surface area contributed by atoms with Crippen molar-refractivity contribution >= 4 is 27.4 Å². The van der Waals surface area contributed by atoms with E-state index in [4.69, 9.17) is 16.3 Å². The van der Waals surface area contributed by atoms with Crippen LogP contribution in [-0.4, -0.2) is 77.0 Å². The maximum atomic E-state index is 13.4. The lowest BCUT2D eigenvalue weighted by atomic mass is 10.2. The van der Waals surface area contributed by atoms with Crippen molar-refractivity contribution in [3.63, 3.8) is 0 Å². The smallest absolute Gasteiger partial charge is 0.244 e. The van der Waals surface area contributed by atoms with Gasteiger partial charge in [0.05, 0.1) is 37.5 Å². The highest BCUT2D eigenvalue weighted by Gasteiger charge is 2.26. The van der Waals surface area contributed by atoms with Gasteiger partial charge in [0.1, 0.15) is 16.4 Å². The topological polar surface area (TPSA) is 105 Å². The highest BCUT2D eigenvalue weighted by Crippen LogP contribution is 2.25. The first-order valence-corrected chi connectivity index (χ1v) is 13.9. The standard InChI is InChI=1S/C24H32ClN7O3S/c1-2-32-28-17-21(29-32)16-26-24-23(25)15-22(18-27-24)36(33,34)31-10-6-9-30(11-13-35-14-12-31)19-20-7-4-3-5-8-20/h3-5,7-8,15,17-18H,2,6,9-14,16,19H2,1H3,(H,26,27). The molecule has 1 fully saturated rings. The van der Waals surface area contributed by atoms with Crippen molar-refractivity contribution < 1.29 is 13.2 Å². The van der Waals surface area contributed by atoms with Crippen LogP contribution in [0.15, 0.2) is 53.7 Å². The lowest BCUT2D eigenvalue weighted by molar-refractivity contribution is 0.0838. The largest absolute Gasteiger partial charge is 0.379 e. The van der Waals surface area contributed by atoms with Crippen molar-refractivity contribution in [1.82, 2.24) is 29.2 Å². The minimum Gasteiger partial charge on any atom is -0.379 e. The minimum absolute atomic E-state index is 0.0631. The highest BCUT2D eigenvalue weighted by atomic mass is 35.5. The molecule has 0 spiro atoms. The van der Waals surface area contributed by atoms with E-state index in [1.165, 1.54) is 22.1 Å². The molecule has 0 unspecified atom stereocenters. The fourth-order valence-corrected chi connectivity index (χ4v) is 5.71. The zero-order chi connectivity index (χ0) is 25.4.